The quantitative estimate of drug-likeness (QED) is 0.148. The predicted octanol–water partition coefficient (Wildman–Crippen LogP) is 7.03. The second-order valence-corrected chi connectivity index (χ2v) is 15.2. The smallest absolute Gasteiger partial charge is 0.408 e. The fourth-order valence-corrected chi connectivity index (χ4v) is 8.10. The Hall–Kier alpha value is -3.55. The lowest BCUT2D eigenvalue weighted by molar-refractivity contribution is 0.406. The number of fused-ring (bicyclic) bond motifs is 2. The first-order chi connectivity index (χ1) is 18.5. The van der Waals surface area contributed by atoms with Crippen LogP contribution in [0.1, 0.15) is 5.56 Å². The van der Waals surface area contributed by atoms with E-state index < -0.39 is 22.1 Å². The molecule has 0 aromatic heterocycles. The number of H-pyrrole nitrogens is 1. The van der Waals surface area contributed by atoms with Gasteiger partial charge in [0.15, 0.2) is 15.6 Å². The maximum Gasteiger partial charge on any atom is 0.497 e. The molecule has 0 spiro atoms. The number of pyridine rings is 1. The Balaban J connectivity index is 1.64. The lowest BCUT2D eigenvalue weighted by Gasteiger charge is -2.20. The molecule has 1 atom stereocenters. The highest BCUT2D eigenvalue weighted by molar-refractivity contribution is 9.10. The number of aromatic amines is 1. The molecule has 39 heavy (non-hydrogen) atoms. The molecule has 0 radical (unpaired) electrons. The number of nitriles is 1. The molecule has 1 aliphatic carbocycles. The lowest BCUT2D eigenvalue weighted by Crippen LogP contribution is -2.13. The fourth-order valence-electron chi connectivity index (χ4n) is 3.82. The number of nitrogens with one attached hydrogen (secondary N) is 1. The first-order valence-corrected chi connectivity index (χ1v) is 16.9. The van der Waals surface area contributed by atoms with Gasteiger partial charge in [0.05, 0.1) is 21.7 Å². The average Bonchev–Trinajstić information content (AvgIpc) is 2.89. The van der Waals surface area contributed by atoms with E-state index in [0.29, 0.717) is 20.3 Å². The van der Waals surface area contributed by atoms with E-state index in [1.165, 1.54) is 24.3 Å². The summed E-state index contributed by atoms with van der Waals surface area (Å²) >= 11 is 4.19. The van der Waals surface area contributed by atoms with E-state index in [2.05, 4.69) is 20.9 Å². The molecule has 0 amide bonds. The molecule has 0 fully saturated rings. The zero-order valence-electron chi connectivity index (χ0n) is 20.1. The van der Waals surface area contributed by atoms with E-state index >= 15 is 0 Å². The van der Waals surface area contributed by atoms with Gasteiger partial charge in [-0.05, 0) is 53.9 Å². The Morgan fingerprint density at radius 1 is 0.974 bits per heavy atom. The molecule has 3 aromatic carbocycles. The fraction of sp³-hybridized carbons (Fsp3) is 0.0370. The van der Waals surface area contributed by atoms with Crippen LogP contribution in [-0.2, 0) is 14.4 Å². The van der Waals surface area contributed by atoms with Crippen molar-refractivity contribution in [3.05, 3.63) is 105 Å². The number of hydrogen-bond donors (Lipinski definition) is 1. The first kappa shape index (κ1) is 27.0. The van der Waals surface area contributed by atoms with Gasteiger partial charge in [0.1, 0.15) is 11.8 Å². The van der Waals surface area contributed by atoms with Gasteiger partial charge < -0.3 is 14.0 Å². The molecular weight excluding hydrogens is 623 g/mol. The van der Waals surface area contributed by atoms with Crippen LogP contribution >= 0.6 is 34.1 Å². The summed E-state index contributed by atoms with van der Waals surface area (Å²) in [6.45, 7) is -4.10. The van der Waals surface area contributed by atoms with Gasteiger partial charge in [0.25, 0.3) is 0 Å². The molecular formula is C27H18BrN2O6PS2. The Morgan fingerprint density at radius 2 is 1.74 bits per heavy atom. The molecule has 0 bridgehead atoms. The van der Waals surface area contributed by atoms with Gasteiger partial charge in [-0.15, -0.1) is 0 Å². The molecule has 1 aliphatic heterocycles. The maximum absolute atomic E-state index is 14.1. The van der Waals surface area contributed by atoms with Crippen LogP contribution in [0, 0.1) is 11.3 Å². The zero-order chi connectivity index (χ0) is 27.8. The molecule has 12 heteroatoms. The summed E-state index contributed by atoms with van der Waals surface area (Å²) in [4.78, 5) is 17.2. The number of benzene rings is 4. The van der Waals surface area contributed by atoms with Crippen LogP contribution in [0.25, 0.3) is 22.2 Å². The predicted molar refractivity (Wildman–Crippen MR) is 154 cm³/mol. The van der Waals surface area contributed by atoms with Crippen molar-refractivity contribution in [2.24, 2.45) is 0 Å². The van der Waals surface area contributed by atoms with Gasteiger partial charge in [-0.2, -0.15) is 5.26 Å². The van der Waals surface area contributed by atoms with Crippen molar-refractivity contribution in [1.29, 1.82) is 5.26 Å². The van der Waals surface area contributed by atoms with Crippen LogP contribution in [0.5, 0.6) is 11.5 Å². The minimum atomic E-state index is -4.10. The van der Waals surface area contributed by atoms with E-state index in [1.54, 1.807) is 54.6 Å². The van der Waals surface area contributed by atoms with Crippen molar-refractivity contribution in [1.82, 2.24) is 4.98 Å². The molecule has 1 unspecified atom stereocenters. The first-order valence-electron chi connectivity index (χ1n) is 11.3. The minimum absolute atomic E-state index is 0.0463. The summed E-state index contributed by atoms with van der Waals surface area (Å²) < 4.78 is 50.4. The van der Waals surface area contributed by atoms with Crippen LogP contribution in [0.3, 0.4) is 0 Å². The van der Waals surface area contributed by atoms with Crippen LogP contribution in [0.2, 0.25) is 0 Å². The SMILES string of the molecule is CS(=O)(=O)c1ccc2cc3c(=O)c(OP(=O)(Oc4cccc(Br)c4)Sc4ccccc4)cc(C#N)c-3[nH]c2c1. The van der Waals surface area contributed by atoms with Gasteiger partial charge in [0.2, 0.25) is 5.43 Å². The molecule has 0 saturated heterocycles. The molecule has 196 valence electrons. The van der Waals surface area contributed by atoms with Crippen molar-refractivity contribution in [3.8, 4) is 28.8 Å². The molecule has 0 saturated carbocycles. The number of nitrogens with zero attached hydrogens (tertiary/aromatic N) is 1. The molecule has 1 N–H and O–H groups in total. The second kappa shape index (κ2) is 10.5. The van der Waals surface area contributed by atoms with E-state index in [-0.39, 0.29) is 33.2 Å². The summed E-state index contributed by atoms with van der Waals surface area (Å²) in [5.74, 6) is -0.0628. The highest BCUT2D eigenvalue weighted by Crippen LogP contribution is 2.62. The average molecular weight is 641 g/mol. The van der Waals surface area contributed by atoms with Gasteiger partial charge >= 0.3 is 6.80 Å². The topological polar surface area (TPSA) is 126 Å². The third kappa shape index (κ3) is 5.89. The largest absolute Gasteiger partial charge is 0.497 e. The molecule has 1 heterocycles. The van der Waals surface area contributed by atoms with Crippen LogP contribution < -0.4 is 14.5 Å². The van der Waals surface area contributed by atoms with Gasteiger partial charge in [-0.25, -0.2) is 13.0 Å². The van der Waals surface area contributed by atoms with Crippen molar-refractivity contribution in [2.45, 2.75) is 9.79 Å². The highest BCUT2D eigenvalue weighted by atomic mass is 79.9. The highest BCUT2D eigenvalue weighted by Gasteiger charge is 2.33. The third-order valence-electron chi connectivity index (χ3n) is 5.60. The molecule has 3 aromatic rings. The number of sulfone groups is 1. The van der Waals surface area contributed by atoms with Crippen LogP contribution in [0.4, 0.5) is 0 Å². The van der Waals surface area contributed by atoms with Crippen LogP contribution in [-0.4, -0.2) is 19.7 Å². The number of hydrogen-bond acceptors (Lipinski definition) is 8. The Morgan fingerprint density at radius 3 is 2.44 bits per heavy atom. The van der Waals surface area contributed by atoms with Gasteiger partial charge in [0, 0.05) is 38.6 Å². The third-order valence-corrected chi connectivity index (χ3v) is 10.5. The number of aromatic nitrogens is 1. The van der Waals surface area contributed by atoms with Crippen molar-refractivity contribution < 1.29 is 22.0 Å². The zero-order valence-corrected chi connectivity index (χ0v) is 24.2. The van der Waals surface area contributed by atoms with E-state index in [4.69, 9.17) is 9.05 Å². The van der Waals surface area contributed by atoms with Gasteiger partial charge in [-0.1, -0.05) is 46.3 Å². The van der Waals surface area contributed by atoms with Crippen LogP contribution in [0.15, 0.2) is 104 Å². The summed E-state index contributed by atoms with van der Waals surface area (Å²) in [6.07, 6.45) is 1.09. The van der Waals surface area contributed by atoms with Gasteiger partial charge in [-0.3, -0.25) is 4.79 Å². The number of rotatable bonds is 7. The van der Waals surface area contributed by atoms with E-state index in [1.807, 2.05) is 12.1 Å². The molecule has 8 nitrogen and oxygen atoms in total. The summed E-state index contributed by atoms with van der Waals surface area (Å²) in [6, 6.07) is 24.7. The maximum atomic E-state index is 14.1. The summed E-state index contributed by atoms with van der Waals surface area (Å²) in [7, 11) is -3.47. The van der Waals surface area contributed by atoms with Crippen molar-refractivity contribution in [3.63, 3.8) is 0 Å². The normalized spacial score (nSPS) is 13.1. The number of halogens is 1. The Bertz CT molecular complexity index is 1960. The minimum Gasteiger partial charge on any atom is -0.408 e. The molecule has 2 aliphatic rings. The van der Waals surface area contributed by atoms with E-state index in [9.17, 15) is 23.0 Å². The van der Waals surface area contributed by atoms with Crippen molar-refractivity contribution in [2.75, 3.05) is 6.26 Å². The van der Waals surface area contributed by atoms with E-state index in [0.717, 1.165) is 17.6 Å². The van der Waals surface area contributed by atoms with Crippen molar-refractivity contribution >= 4 is 54.8 Å². The summed E-state index contributed by atoms with van der Waals surface area (Å²) in [5, 5.41) is 10.4. The second-order valence-electron chi connectivity index (χ2n) is 8.43. The monoisotopic (exact) mass is 640 g/mol. The summed E-state index contributed by atoms with van der Waals surface area (Å²) in [5.41, 5.74) is 0.179. The Kier molecular flexibility index (Phi) is 7.31. The lowest BCUT2D eigenvalue weighted by atomic mass is 10.0. The standard InChI is InChI=1S/C27H18BrN2O6PS2/c1-39(33,34)22-11-10-17-12-23-26(30-24(17)15-22)18(16-29)13-25(27(23)31)36-37(32,38-21-8-3-2-4-9-21)35-20-7-5-6-19(28)14-20/h2-15,30H,1H3. The molecule has 5 rings (SSSR count). The Labute approximate surface area is 236 Å².